The summed E-state index contributed by atoms with van der Waals surface area (Å²) in [5, 5.41) is 0. The number of ketones is 1. The maximum Gasteiger partial charge on any atom is 0.225 e. The minimum atomic E-state index is -0.239. The van der Waals surface area contributed by atoms with Gasteiger partial charge in [0.1, 0.15) is 0 Å². The topological polar surface area (TPSA) is 39.2 Å². The zero-order chi connectivity index (χ0) is 10.9. The number of hydrogen-bond donors (Lipinski definition) is 0. The predicted octanol–water partition coefficient (Wildman–Crippen LogP) is 2.62. The molecule has 1 aromatic rings. The fraction of sp³-hybridized carbons (Fsp3) is 0.600. The van der Waals surface area contributed by atoms with Gasteiger partial charge in [0.2, 0.25) is 5.88 Å². The third-order valence-corrected chi connectivity index (χ3v) is 4.91. The van der Waals surface area contributed by atoms with E-state index >= 15 is 0 Å². The van der Waals surface area contributed by atoms with Crippen LogP contribution in [0.3, 0.4) is 0 Å². The number of carbonyl (C=O) groups excluding carboxylic acids is 1. The molecule has 3 nitrogen and oxygen atoms in total. The number of nitrogens with zero attached hydrogens (tertiary/aromatic N) is 1. The van der Waals surface area contributed by atoms with Gasteiger partial charge in [-0.1, -0.05) is 0 Å². The summed E-state index contributed by atoms with van der Waals surface area (Å²) in [7, 11) is 1.56. The van der Waals surface area contributed by atoms with Crippen LogP contribution in [0.25, 0.3) is 0 Å². The zero-order valence-electron chi connectivity index (χ0n) is 8.78. The second kappa shape index (κ2) is 4.14. The summed E-state index contributed by atoms with van der Waals surface area (Å²) in [6, 6.07) is 1.73. The van der Waals surface area contributed by atoms with Gasteiger partial charge >= 0.3 is 0 Å². The Morgan fingerprint density at radius 2 is 2.47 bits per heavy atom. The second-order valence-corrected chi connectivity index (χ2v) is 6.15. The molecule has 0 radical (unpaired) electrons. The van der Waals surface area contributed by atoms with E-state index in [0.717, 1.165) is 18.6 Å². The molecule has 82 valence electrons. The van der Waals surface area contributed by atoms with Gasteiger partial charge in [-0.2, -0.15) is 4.37 Å². The van der Waals surface area contributed by atoms with E-state index in [1.54, 1.807) is 24.9 Å². The number of thioether (sulfide) groups is 1. The lowest BCUT2D eigenvalue weighted by Crippen LogP contribution is -2.27. The van der Waals surface area contributed by atoms with Gasteiger partial charge in [-0.15, -0.1) is 11.8 Å². The molecule has 2 heterocycles. The van der Waals surface area contributed by atoms with Gasteiger partial charge in [0.15, 0.2) is 5.78 Å². The molecular formula is C10H13NO2S2. The highest BCUT2D eigenvalue weighted by molar-refractivity contribution is 8.01. The molecule has 0 bridgehead atoms. The van der Waals surface area contributed by atoms with Gasteiger partial charge in [0, 0.05) is 6.07 Å². The van der Waals surface area contributed by atoms with E-state index in [1.807, 2.05) is 6.92 Å². The van der Waals surface area contributed by atoms with E-state index in [9.17, 15) is 4.79 Å². The van der Waals surface area contributed by atoms with E-state index in [2.05, 4.69) is 4.37 Å². The Morgan fingerprint density at radius 3 is 3.00 bits per heavy atom. The van der Waals surface area contributed by atoms with Gasteiger partial charge in [-0.3, -0.25) is 4.79 Å². The Balaban J connectivity index is 2.19. The highest BCUT2D eigenvalue weighted by Gasteiger charge is 2.38. The first-order valence-electron chi connectivity index (χ1n) is 4.85. The van der Waals surface area contributed by atoms with Crippen molar-refractivity contribution in [3.63, 3.8) is 0 Å². The number of aromatic nitrogens is 1. The molecule has 1 atom stereocenters. The lowest BCUT2D eigenvalue weighted by Gasteiger charge is -2.19. The lowest BCUT2D eigenvalue weighted by molar-refractivity contribution is 0.0953. The van der Waals surface area contributed by atoms with Crippen LogP contribution >= 0.6 is 23.3 Å². The van der Waals surface area contributed by atoms with Gasteiger partial charge in [0.25, 0.3) is 0 Å². The average Bonchev–Trinajstić information content (AvgIpc) is 2.85. The number of methoxy groups -OCH3 is 1. The van der Waals surface area contributed by atoms with E-state index in [4.69, 9.17) is 4.74 Å². The molecule has 0 spiro atoms. The normalized spacial score (nSPS) is 25.5. The number of Topliss-reactive ketones (excluding diaryl/α,β-unsaturated/α-hetero) is 1. The fourth-order valence-electron chi connectivity index (χ4n) is 1.68. The molecule has 0 aromatic carbocycles. The summed E-state index contributed by atoms with van der Waals surface area (Å²) < 4.78 is 8.79. The SMILES string of the molecule is COc1cc(C(=O)C2(C)CCCS2)sn1. The highest BCUT2D eigenvalue weighted by Crippen LogP contribution is 2.41. The Kier molecular flexibility index (Phi) is 3.02. The van der Waals surface area contributed by atoms with Crippen molar-refractivity contribution in [3.05, 3.63) is 10.9 Å². The second-order valence-electron chi connectivity index (χ2n) is 3.75. The summed E-state index contributed by atoms with van der Waals surface area (Å²) in [6.07, 6.45) is 2.10. The molecule has 1 aromatic heterocycles. The van der Waals surface area contributed by atoms with Crippen molar-refractivity contribution >= 4 is 29.1 Å². The standard InChI is InChI=1S/C10H13NO2S2/c1-10(4-3-5-14-10)9(12)7-6-8(13-2)11-15-7/h6H,3-5H2,1-2H3. The van der Waals surface area contributed by atoms with Gasteiger partial charge < -0.3 is 4.74 Å². The van der Waals surface area contributed by atoms with Crippen LogP contribution in [-0.4, -0.2) is 27.8 Å². The molecule has 1 aliphatic heterocycles. The van der Waals surface area contributed by atoms with Crippen molar-refractivity contribution in [1.29, 1.82) is 0 Å². The number of ether oxygens (including phenoxy) is 1. The average molecular weight is 243 g/mol. The fourth-order valence-corrected chi connectivity index (χ4v) is 3.79. The molecule has 2 rings (SSSR count). The van der Waals surface area contributed by atoms with Gasteiger partial charge in [-0.25, -0.2) is 0 Å². The third-order valence-electron chi connectivity index (χ3n) is 2.62. The first-order valence-corrected chi connectivity index (χ1v) is 6.61. The molecule has 5 heteroatoms. The van der Waals surface area contributed by atoms with E-state index in [1.165, 1.54) is 11.5 Å². The Hall–Kier alpha value is -0.550. The molecule has 1 aliphatic rings. The Morgan fingerprint density at radius 1 is 1.67 bits per heavy atom. The van der Waals surface area contributed by atoms with Crippen LogP contribution in [0.1, 0.15) is 29.4 Å². The van der Waals surface area contributed by atoms with Crippen LogP contribution < -0.4 is 4.74 Å². The molecule has 0 N–H and O–H groups in total. The first kappa shape index (κ1) is 11.0. The van der Waals surface area contributed by atoms with Crippen LogP contribution in [0, 0.1) is 0 Å². The summed E-state index contributed by atoms with van der Waals surface area (Å²) >= 11 is 2.98. The summed E-state index contributed by atoms with van der Waals surface area (Å²) in [6.45, 7) is 2.03. The van der Waals surface area contributed by atoms with Crippen LogP contribution in [0.15, 0.2) is 6.07 Å². The van der Waals surface area contributed by atoms with Crippen LogP contribution in [0.2, 0.25) is 0 Å². The van der Waals surface area contributed by atoms with Crippen LogP contribution in [-0.2, 0) is 0 Å². The molecular weight excluding hydrogens is 230 g/mol. The number of rotatable bonds is 3. The van der Waals surface area contributed by atoms with Crippen molar-refractivity contribution in [2.75, 3.05) is 12.9 Å². The zero-order valence-corrected chi connectivity index (χ0v) is 10.4. The molecule has 0 aliphatic carbocycles. The predicted molar refractivity (Wildman–Crippen MR) is 63.1 cm³/mol. The number of carbonyl (C=O) groups is 1. The van der Waals surface area contributed by atoms with Crippen molar-refractivity contribution in [1.82, 2.24) is 4.37 Å². The largest absolute Gasteiger partial charge is 0.480 e. The lowest BCUT2D eigenvalue weighted by atomic mass is 9.99. The maximum absolute atomic E-state index is 12.2. The highest BCUT2D eigenvalue weighted by atomic mass is 32.2. The van der Waals surface area contributed by atoms with Crippen molar-refractivity contribution < 1.29 is 9.53 Å². The first-order chi connectivity index (χ1) is 7.15. The Labute approximate surface area is 97.4 Å². The Bertz CT molecular complexity index is 369. The van der Waals surface area contributed by atoms with E-state index < -0.39 is 0 Å². The molecule has 0 saturated carbocycles. The molecule has 1 unspecified atom stereocenters. The quantitative estimate of drug-likeness (QED) is 0.765. The van der Waals surface area contributed by atoms with Crippen LogP contribution in [0.4, 0.5) is 0 Å². The summed E-state index contributed by atoms with van der Waals surface area (Å²) in [4.78, 5) is 12.9. The summed E-state index contributed by atoms with van der Waals surface area (Å²) in [5.74, 6) is 1.82. The van der Waals surface area contributed by atoms with Crippen molar-refractivity contribution in [2.45, 2.75) is 24.5 Å². The van der Waals surface area contributed by atoms with Crippen molar-refractivity contribution in [2.24, 2.45) is 0 Å². The van der Waals surface area contributed by atoms with Crippen molar-refractivity contribution in [3.8, 4) is 5.88 Å². The third kappa shape index (κ3) is 2.03. The van der Waals surface area contributed by atoms with Gasteiger partial charge in [-0.05, 0) is 37.1 Å². The molecule has 1 fully saturated rings. The minimum Gasteiger partial charge on any atom is -0.480 e. The summed E-state index contributed by atoms with van der Waals surface area (Å²) in [5.41, 5.74) is 0. The minimum absolute atomic E-state index is 0.200. The van der Waals surface area contributed by atoms with Gasteiger partial charge in [0.05, 0.1) is 16.7 Å². The molecule has 1 saturated heterocycles. The molecule has 0 amide bonds. The smallest absolute Gasteiger partial charge is 0.225 e. The monoisotopic (exact) mass is 243 g/mol. The number of hydrogen-bond acceptors (Lipinski definition) is 5. The van der Waals surface area contributed by atoms with Crippen LogP contribution in [0.5, 0.6) is 5.88 Å². The maximum atomic E-state index is 12.2. The van der Waals surface area contributed by atoms with E-state index in [-0.39, 0.29) is 10.5 Å². The van der Waals surface area contributed by atoms with E-state index in [0.29, 0.717) is 10.8 Å². The molecule has 15 heavy (non-hydrogen) atoms.